The van der Waals surface area contributed by atoms with Crippen LogP contribution in [0.3, 0.4) is 0 Å². The minimum Gasteiger partial charge on any atom is -0.508 e. The molecule has 110 valence electrons. The van der Waals surface area contributed by atoms with Crippen molar-refractivity contribution >= 4 is 5.71 Å². The second-order valence-electron chi connectivity index (χ2n) is 4.79. The first-order chi connectivity index (χ1) is 10.2. The zero-order valence-electron chi connectivity index (χ0n) is 11.8. The topological polar surface area (TPSA) is 85.9 Å². The maximum Gasteiger partial charge on any atom is 0.128 e. The molecule has 1 aromatic carbocycles. The first-order valence-electron chi connectivity index (χ1n) is 6.81. The first kappa shape index (κ1) is 14.8. The zero-order chi connectivity index (χ0) is 15.2. The molecule has 1 heterocycles. The molecule has 2 rings (SSSR count). The van der Waals surface area contributed by atoms with Gasteiger partial charge in [-0.3, -0.25) is 4.98 Å². The van der Waals surface area contributed by atoms with Gasteiger partial charge >= 0.3 is 0 Å². The number of aromatic hydroxyl groups is 2. The van der Waals surface area contributed by atoms with E-state index in [0.717, 1.165) is 12.1 Å². The molecule has 3 N–H and O–H groups in total. The van der Waals surface area contributed by atoms with Crippen LogP contribution in [0.1, 0.15) is 30.2 Å². The summed E-state index contributed by atoms with van der Waals surface area (Å²) in [6.45, 7) is 2.00. The molecule has 0 saturated carbocycles. The maximum atomic E-state index is 9.99. The lowest BCUT2D eigenvalue weighted by Crippen LogP contribution is -2.08. The summed E-state index contributed by atoms with van der Waals surface area (Å²) in [4.78, 5) is 4.18. The van der Waals surface area contributed by atoms with E-state index in [2.05, 4.69) is 10.1 Å². The fourth-order valence-corrected chi connectivity index (χ4v) is 2.18. The van der Waals surface area contributed by atoms with Gasteiger partial charge in [-0.15, -0.1) is 0 Å². The van der Waals surface area contributed by atoms with Crippen LogP contribution in [0.25, 0.3) is 0 Å². The van der Waals surface area contributed by atoms with E-state index in [1.807, 2.05) is 19.1 Å². The number of pyridine rings is 1. The Morgan fingerprint density at radius 2 is 2.00 bits per heavy atom. The van der Waals surface area contributed by atoms with Gasteiger partial charge in [0.1, 0.15) is 11.5 Å². The Labute approximate surface area is 123 Å². The summed E-state index contributed by atoms with van der Waals surface area (Å²) in [7, 11) is 0. The summed E-state index contributed by atoms with van der Waals surface area (Å²) in [6, 6.07) is 8.40. The second-order valence-corrected chi connectivity index (χ2v) is 4.79. The van der Waals surface area contributed by atoms with E-state index < -0.39 is 0 Å². The van der Waals surface area contributed by atoms with E-state index >= 15 is 0 Å². The van der Waals surface area contributed by atoms with Gasteiger partial charge in [0.2, 0.25) is 0 Å². The van der Waals surface area contributed by atoms with E-state index in [9.17, 15) is 15.4 Å². The Balaban J connectivity index is 2.36. The van der Waals surface area contributed by atoms with Crippen molar-refractivity contribution in [2.75, 3.05) is 0 Å². The monoisotopic (exact) mass is 286 g/mol. The van der Waals surface area contributed by atoms with Crippen molar-refractivity contribution in [3.63, 3.8) is 0 Å². The van der Waals surface area contributed by atoms with Gasteiger partial charge < -0.3 is 15.4 Å². The van der Waals surface area contributed by atoms with Crippen LogP contribution in [0.4, 0.5) is 0 Å². The van der Waals surface area contributed by atoms with Crippen LogP contribution in [-0.4, -0.2) is 26.1 Å². The standard InChI is InChI=1S/C16H18N2O3/c1-2-5-11-8-13(16(20)10-15(11)19)14(18-21)9-12-6-3-4-7-17-12/h3-4,6-8,10,19-21H,2,5,9H2,1H3/b18-14-. The number of phenolic OH excluding ortho intramolecular Hbond substituents is 2. The van der Waals surface area contributed by atoms with E-state index in [-0.39, 0.29) is 11.5 Å². The molecule has 0 saturated heterocycles. The number of hydrogen-bond acceptors (Lipinski definition) is 5. The molecule has 5 heteroatoms. The Bertz CT molecular complexity index is 639. The summed E-state index contributed by atoms with van der Waals surface area (Å²) < 4.78 is 0. The minimum absolute atomic E-state index is 0.0493. The molecule has 0 amide bonds. The molecule has 0 spiro atoms. The highest BCUT2D eigenvalue weighted by molar-refractivity contribution is 6.03. The number of aromatic nitrogens is 1. The highest BCUT2D eigenvalue weighted by Gasteiger charge is 2.15. The fourth-order valence-electron chi connectivity index (χ4n) is 2.18. The number of nitrogens with zero attached hydrogens (tertiary/aromatic N) is 2. The van der Waals surface area contributed by atoms with Crippen LogP contribution in [0.15, 0.2) is 41.7 Å². The number of benzene rings is 1. The molecule has 2 aromatic rings. The molecule has 0 fully saturated rings. The molecular formula is C16H18N2O3. The van der Waals surface area contributed by atoms with Crippen molar-refractivity contribution in [1.29, 1.82) is 0 Å². The summed E-state index contributed by atoms with van der Waals surface area (Å²) >= 11 is 0. The molecule has 0 unspecified atom stereocenters. The summed E-state index contributed by atoms with van der Waals surface area (Å²) in [5.41, 5.74) is 2.16. The average molecular weight is 286 g/mol. The number of aryl methyl sites for hydroxylation is 1. The highest BCUT2D eigenvalue weighted by atomic mass is 16.4. The third-order valence-electron chi connectivity index (χ3n) is 3.22. The number of hydrogen-bond donors (Lipinski definition) is 3. The van der Waals surface area contributed by atoms with E-state index in [0.29, 0.717) is 29.7 Å². The third-order valence-corrected chi connectivity index (χ3v) is 3.22. The van der Waals surface area contributed by atoms with Crippen molar-refractivity contribution in [3.8, 4) is 11.5 Å². The first-order valence-corrected chi connectivity index (χ1v) is 6.81. The second kappa shape index (κ2) is 6.74. The van der Waals surface area contributed by atoms with Gasteiger partial charge in [-0.05, 0) is 30.2 Å². The molecule has 0 aliphatic rings. The SMILES string of the molecule is CCCc1cc(/C(Cc2ccccn2)=N\O)c(O)cc1O. The van der Waals surface area contributed by atoms with Gasteiger partial charge in [0.15, 0.2) is 0 Å². The quantitative estimate of drug-likeness (QED) is 0.448. The molecular weight excluding hydrogens is 268 g/mol. The van der Waals surface area contributed by atoms with Crippen LogP contribution >= 0.6 is 0 Å². The molecule has 0 bridgehead atoms. The van der Waals surface area contributed by atoms with Crippen LogP contribution in [-0.2, 0) is 12.8 Å². The predicted octanol–water partition coefficient (Wildman–Crippen LogP) is 2.87. The molecule has 0 aliphatic carbocycles. The van der Waals surface area contributed by atoms with E-state index in [4.69, 9.17) is 0 Å². The fraction of sp³-hybridized carbons (Fsp3) is 0.250. The van der Waals surface area contributed by atoms with Gasteiger partial charge in [-0.1, -0.05) is 24.6 Å². The van der Waals surface area contributed by atoms with Crippen LogP contribution < -0.4 is 0 Å². The summed E-state index contributed by atoms with van der Waals surface area (Å²) in [5.74, 6) is -0.0655. The molecule has 0 aliphatic heterocycles. The Hall–Kier alpha value is -2.56. The Morgan fingerprint density at radius 1 is 1.19 bits per heavy atom. The Morgan fingerprint density at radius 3 is 2.62 bits per heavy atom. The average Bonchev–Trinajstić information content (AvgIpc) is 2.49. The van der Waals surface area contributed by atoms with Gasteiger partial charge in [0.05, 0.1) is 5.71 Å². The minimum atomic E-state index is -0.115. The number of phenols is 2. The predicted molar refractivity (Wildman–Crippen MR) is 80.0 cm³/mol. The molecule has 0 radical (unpaired) electrons. The largest absolute Gasteiger partial charge is 0.508 e. The normalized spacial score (nSPS) is 11.6. The molecule has 21 heavy (non-hydrogen) atoms. The van der Waals surface area contributed by atoms with Crippen molar-refractivity contribution < 1.29 is 15.4 Å². The molecule has 0 atom stereocenters. The lowest BCUT2D eigenvalue weighted by molar-refractivity contribution is 0.318. The number of rotatable bonds is 5. The summed E-state index contributed by atoms with van der Waals surface area (Å²) in [6.07, 6.45) is 3.50. The van der Waals surface area contributed by atoms with Crippen molar-refractivity contribution in [2.24, 2.45) is 5.16 Å². The third kappa shape index (κ3) is 3.51. The van der Waals surface area contributed by atoms with E-state index in [1.165, 1.54) is 6.07 Å². The lowest BCUT2D eigenvalue weighted by Gasteiger charge is -2.11. The van der Waals surface area contributed by atoms with Crippen LogP contribution in [0, 0.1) is 0 Å². The van der Waals surface area contributed by atoms with Crippen molar-refractivity contribution in [3.05, 3.63) is 53.3 Å². The van der Waals surface area contributed by atoms with Crippen LogP contribution in [0.5, 0.6) is 11.5 Å². The molecule has 5 nitrogen and oxygen atoms in total. The highest BCUT2D eigenvalue weighted by Crippen LogP contribution is 2.29. The van der Waals surface area contributed by atoms with Gasteiger partial charge in [0, 0.05) is 29.9 Å². The van der Waals surface area contributed by atoms with Crippen LogP contribution in [0.2, 0.25) is 0 Å². The Kier molecular flexibility index (Phi) is 4.77. The van der Waals surface area contributed by atoms with Gasteiger partial charge in [-0.25, -0.2) is 0 Å². The molecule has 1 aromatic heterocycles. The van der Waals surface area contributed by atoms with Crippen molar-refractivity contribution in [1.82, 2.24) is 4.98 Å². The van der Waals surface area contributed by atoms with Crippen molar-refractivity contribution in [2.45, 2.75) is 26.2 Å². The number of oxime groups is 1. The lowest BCUT2D eigenvalue weighted by atomic mass is 9.99. The van der Waals surface area contributed by atoms with Gasteiger partial charge in [0.25, 0.3) is 0 Å². The van der Waals surface area contributed by atoms with E-state index in [1.54, 1.807) is 18.3 Å². The maximum absolute atomic E-state index is 9.99. The zero-order valence-corrected chi connectivity index (χ0v) is 11.8. The van der Waals surface area contributed by atoms with Gasteiger partial charge in [-0.2, -0.15) is 0 Å². The smallest absolute Gasteiger partial charge is 0.128 e. The summed E-state index contributed by atoms with van der Waals surface area (Å²) in [5, 5.41) is 32.3.